The highest BCUT2D eigenvalue weighted by atomic mass is 19.4. The zero-order valence-corrected chi connectivity index (χ0v) is 31.3. The molecule has 0 radical (unpaired) electrons. The van der Waals surface area contributed by atoms with Gasteiger partial charge in [0.2, 0.25) is 0 Å². The van der Waals surface area contributed by atoms with Crippen LogP contribution in [-0.4, -0.2) is 72.2 Å². The second-order valence-electron chi connectivity index (χ2n) is 13.2. The van der Waals surface area contributed by atoms with Crippen LogP contribution in [0.5, 0.6) is 11.5 Å². The molecule has 18 heteroatoms. The topological polar surface area (TPSA) is 125 Å². The van der Waals surface area contributed by atoms with E-state index in [4.69, 9.17) is 14.2 Å². The monoisotopic (exact) mass is 836 g/mol. The van der Waals surface area contributed by atoms with Crippen molar-refractivity contribution in [1.82, 2.24) is 0 Å². The molecule has 0 amide bonds. The maximum atomic E-state index is 13.6. The molecule has 0 spiro atoms. The summed E-state index contributed by atoms with van der Waals surface area (Å²) >= 11 is 0. The first-order valence-electron chi connectivity index (χ1n) is 18.2. The first-order valence-corrected chi connectivity index (χ1v) is 18.2. The smallest absolute Gasteiger partial charge is 0.460 e. The third-order valence-corrected chi connectivity index (χ3v) is 8.67. The van der Waals surface area contributed by atoms with Crippen LogP contribution in [0.1, 0.15) is 103 Å². The third kappa shape index (κ3) is 11.9. The summed E-state index contributed by atoms with van der Waals surface area (Å²) in [5.74, 6) is -26.5. The first-order chi connectivity index (χ1) is 27.2. The van der Waals surface area contributed by atoms with Crippen LogP contribution in [0.2, 0.25) is 0 Å². The molecule has 58 heavy (non-hydrogen) atoms. The van der Waals surface area contributed by atoms with Gasteiger partial charge < -0.3 is 24.1 Å². The Kier molecular flexibility index (Phi) is 16.6. The number of ether oxygens (including phenoxy) is 4. The van der Waals surface area contributed by atoms with Crippen LogP contribution in [0, 0.1) is 0 Å². The summed E-state index contributed by atoms with van der Waals surface area (Å²) < 4.78 is 138. The Morgan fingerprint density at radius 2 is 1.26 bits per heavy atom. The molecule has 0 fully saturated rings. The van der Waals surface area contributed by atoms with E-state index < -0.39 is 54.4 Å². The Morgan fingerprint density at radius 1 is 0.655 bits per heavy atom. The highest BCUT2D eigenvalue weighted by Gasteiger charge is 2.84. The van der Waals surface area contributed by atoms with E-state index in [2.05, 4.69) is 11.7 Å². The molecule has 0 saturated carbocycles. The highest BCUT2D eigenvalue weighted by molar-refractivity contribution is 6.03. The Labute approximate surface area is 327 Å². The van der Waals surface area contributed by atoms with Gasteiger partial charge in [-0.05, 0) is 99.5 Å². The molecule has 0 aliphatic heterocycles. The van der Waals surface area contributed by atoms with Gasteiger partial charge in [-0.15, -0.1) is 0 Å². The summed E-state index contributed by atoms with van der Waals surface area (Å²) in [7, 11) is 0. The molecule has 1 unspecified atom stereocenters. The van der Waals surface area contributed by atoms with E-state index >= 15 is 0 Å². The largest absolute Gasteiger partial charge is 0.494 e. The molecule has 0 bridgehead atoms. The van der Waals surface area contributed by atoms with E-state index in [0.717, 1.165) is 32.1 Å². The lowest BCUT2D eigenvalue weighted by atomic mass is 9.95. The van der Waals surface area contributed by atoms with Crippen LogP contribution in [0.3, 0.4) is 0 Å². The van der Waals surface area contributed by atoms with Gasteiger partial charge in [-0.1, -0.05) is 44.4 Å². The molecule has 0 saturated heterocycles. The maximum Gasteiger partial charge on any atom is 0.460 e. The van der Waals surface area contributed by atoms with Crippen LogP contribution in [0.15, 0.2) is 66.7 Å². The Balaban J connectivity index is 1.61. The normalized spacial score (nSPS) is 12.7. The summed E-state index contributed by atoms with van der Waals surface area (Å²) in [6, 6.07) is 15.7. The van der Waals surface area contributed by atoms with E-state index in [1.54, 1.807) is 6.07 Å². The maximum absolute atomic E-state index is 13.6. The average molecular weight is 837 g/mol. The van der Waals surface area contributed by atoms with Crippen LogP contribution in [0.4, 0.5) is 39.5 Å². The van der Waals surface area contributed by atoms with Gasteiger partial charge >= 0.3 is 47.8 Å². The molecule has 3 rings (SSSR count). The summed E-state index contributed by atoms with van der Waals surface area (Å²) in [6.45, 7) is 2.92. The number of benzene rings is 3. The summed E-state index contributed by atoms with van der Waals surface area (Å²) in [5, 5.41) is 9.83. The molecule has 0 aliphatic rings. The highest BCUT2D eigenvalue weighted by Crippen LogP contribution is 2.53. The van der Waals surface area contributed by atoms with Gasteiger partial charge in [-0.2, -0.15) is 39.5 Å². The average Bonchev–Trinajstić information content (AvgIpc) is 3.16. The fraction of sp³-hybridized carbons (Fsp3) is 0.450. The second kappa shape index (κ2) is 20.4. The predicted molar refractivity (Wildman–Crippen MR) is 190 cm³/mol. The molecule has 1 atom stereocenters. The second-order valence-corrected chi connectivity index (χ2v) is 13.2. The summed E-state index contributed by atoms with van der Waals surface area (Å²) in [4.78, 5) is 49.5. The number of carboxylic acids is 1. The van der Waals surface area contributed by atoms with Gasteiger partial charge in [-0.3, -0.25) is 0 Å². The van der Waals surface area contributed by atoms with Crippen molar-refractivity contribution in [2.24, 2.45) is 0 Å². The molecule has 318 valence electrons. The number of rotatable bonds is 22. The quantitative estimate of drug-likeness (QED) is 0.0456. The van der Waals surface area contributed by atoms with Crippen molar-refractivity contribution in [3.05, 3.63) is 83.4 Å². The minimum absolute atomic E-state index is 0.00711. The van der Waals surface area contributed by atoms with Crippen molar-refractivity contribution >= 4 is 23.9 Å². The molecule has 0 aliphatic carbocycles. The standard InChI is InChI=1S/C40H41F9O9/c1-3-4-5-8-13-25(2)57-34(52)26-16-18-27(19-17-26)58-35(53)31-21-20-28(24-32(31)29-14-9-10-15-30(29)33(50)51)55-22-11-6-7-12-23-56-36(54)37(41,42)38(43,44)39(45,46)40(47,48)49/h9-10,14-21,24-25H,3-8,11-13,22-23H2,1-2H3,(H,50,51). The number of alkyl halides is 9. The van der Waals surface area contributed by atoms with Gasteiger partial charge in [-0.25, -0.2) is 19.2 Å². The van der Waals surface area contributed by atoms with Crippen molar-refractivity contribution in [3.8, 4) is 22.6 Å². The number of halogens is 9. The van der Waals surface area contributed by atoms with Gasteiger partial charge in [0, 0.05) is 5.56 Å². The van der Waals surface area contributed by atoms with Crippen molar-refractivity contribution < 1.29 is 82.7 Å². The SMILES string of the molecule is CCCCCCC(C)OC(=O)c1ccc(OC(=O)c2ccc(OCCCCCCOC(=O)C(F)(F)C(F)(F)C(F)(F)C(F)(F)F)cc2-c2ccccc2C(=O)O)cc1. The van der Waals surface area contributed by atoms with Gasteiger partial charge in [0.1, 0.15) is 11.5 Å². The van der Waals surface area contributed by atoms with Gasteiger partial charge in [0.05, 0.1) is 36.0 Å². The summed E-state index contributed by atoms with van der Waals surface area (Å²) in [5.41, 5.74) is 0.334. The van der Waals surface area contributed by atoms with Crippen molar-refractivity contribution in [3.63, 3.8) is 0 Å². The van der Waals surface area contributed by atoms with Crippen LogP contribution >= 0.6 is 0 Å². The molecule has 3 aromatic rings. The Bertz CT molecular complexity index is 1860. The molecule has 0 heterocycles. The van der Waals surface area contributed by atoms with Gasteiger partial charge in [0.15, 0.2) is 0 Å². The lowest BCUT2D eigenvalue weighted by molar-refractivity contribution is -0.390. The molecular formula is C40H41F9O9. The number of carbonyl (C=O) groups is 4. The summed E-state index contributed by atoms with van der Waals surface area (Å²) in [6.07, 6.45) is -2.12. The molecular weight excluding hydrogens is 795 g/mol. The zero-order chi connectivity index (χ0) is 43.3. The van der Waals surface area contributed by atoms with E-state index in [-0.39, 0.29) is 77.7 Å². The lowest BCUT2D eigenvalue weighted by Crippen LogP contribution is -2.63. The minimum atomic E-state index is -7.22. The van der Waals surface area contributed by atoms with E-state index in [0.29, 0.717) is 0 Å². The zero-order valence-electron chi connectivity index (χ0n) is 31.3. The van der Waals surface area contributed by atoms with Crippen LogP contribution < -0.4 is 9.47 Å². The van der Waals surface area contributed by atoms with E-state index in [9.17, 15) is 63.8 Å². The Hall–Kier alpha value is -5.29. The number of hydrogen-bond acceptors (Lipinski definition) is 8. The number of carboxylic acid groups (broad SMARTS) is 1. The van der Waals surface area contributed by atoms with E-state index in [1.165, 1.54) is 60.7 Å². The van der Waals surface area contributed by atoms with Crippen molar-refractivity contribution in [2.75, 3.05) is 13.2 Å². The lowest BCUT2D eigenvalue weighted by Gasteiger charge is -2.32. The van der Waals surface area contributed by atoms with Crippen LogP contribution in [0.25, 0.3) is 11.1 Å². The van der Waals surface area contributed by atoms with Crippen LogP contribution in [-0.2, 0) is 14.3 Å². The number of hydrogen-bond donors (Lipinski definition) is 1. The van der Waals surface area contributed by atoms with Crippen molar-refractivity contribution in [2.45, 2.75) is 102 Å². The first kappa shape index (κ1) is 47.1. The molecule has 3 aromatic carbocycles. The van der Waals surface area contributed by atoms with Gasteiger partial charge in [0.25, 0.3) is 0 Å². The number of aromatic carboxylic acids is 1. The fourth-order valence-electron chi connectivity index (χ4n) is 5.41. The molecule has 9 nitrogen and oxygen atoms in total. The predicted octanol–water partition coefficient (Wildman–Crippen LogP) is 10.7. The van der Waals surface area contributed by atoms with E-state index in [1.807, 2.05) is 6.92 Å². The number of esters is 3. The Morgan fingerprint density at radius 3 is 1.88 bits per heavy atom. The minimum Gasteiger partial charge on any atom is -0.494 e. The molecule has 0 aromatic heterocycles. The number of unbranched alkanes of at least 4 members (excludes halogenated alkanes) is 6. The fourth-order valence-corrected chi connectivity index (χ4v) is 5.41. The molecule has 1 N–H and O–H groups in total. The third-order valence-electron chi connectivity index (χ3n) is 8.67. The van der Waals surface area contributed by atoms with Crippen molar-refractivity contribution in [1.29, 1.82) is 0 Å². The number of carbonyl (C=O) groups excluding carboxylic acids is 3.